The summed E-state index contributed by atoms with van der Waals surface area (Å²) in [5.41, 5.74) is 31.9. The molecular weight excluding hydrogens is 1090 g/mol. The summed E-state index contributed by atoms with van der Waals surface area (Å²) >= 11 is 0. The Hall–Kier alpha value is -11.2. The Labute approximate surface area is 529 Å². The van der Waals surface area contributed by atoms with Crippen LogP contribution in [0.25, 0.3) is 135 Å². The van der Waals surface area contributed by atoms with Gasteiger partial charge >= 0.3 is 0 Å². The van der Waals surface area contributed by atoms with Gasteiger partial charge in [-0.25, -0.2) is 19.9 Å². The van der Waals surface area contributed by atoms with Crippen LogP contribution in [0.1, 0.15) is 33.4 Å². The van der Waals surface area contributed by atoms with Crippen molar-refractivity contribution in [2.75, 3.05) is 0 Å². The second-order valence-electron chi connectivity index (χ2n) is 23.5. The van der Waals surface area contributed by atoms with Gasteiger partial charge in [0.05, 0.1) is 22.8 Å². The predicted molar refractivity (Wildman–Crippen MR) is 378 cm³/mol. The SMILES string of the molecule is Cc1ccc(-c2ccc(C)c(-c3ccc(-c4nc(-c5ccccc5)cc(-c5ccccc5)n4)cc3)c2)cc1.Cc1ccc(C)c(-c2cccc(-c3cccc(-c4cc(-c5cccc(-c6cccc(-c7cc(C)ccc7C)c6)c5)nc(-c5ccccc5)n4)c3)c2)c1. The van der Waals surface area contributed by atoms with Crippen LogP contribution < -0.4 is 0 Å². The topological polar surface area (TPSA) is 51.6 Å². The van der Waals surface area contributed by atoms with E-state index < -0.39 is 0 Å². The Morgan fingerprint density at radius 2 is 0.444 bits per heavy atom. The monoisotopic (exact) mass is 1160 g/mol. The minimum absolute atomic E-state index is 0.706. The zero-order valence-corrected chi connectivity index (χ0v) is 51.7. The third-order valence-electron chi connectivity index (χ3n) is 16.8. The summed E-state index contributed by atoms with van der Waals surface area (Å²) in [7, 11) is 0. The predicted octanol–water partition coefficient (Wildman–Crippen LogP) is 22.8. The molecule has 0 bridgehead atoms. The lowest BCUT2D eigenvalue weighted by atomic mass is 9.94. The first-order chi connectivity index (χ1) is 44.0. The molecule has 90 heavy (non-hydrogen) atoms. The van der Waals surface area contributed by atoms with Gasteiger partial charge in [-0.1, -0.05) is 278 Å². The number of aryl methyl sites for hydroxylation is 6. The minimum atomic E-state index is 0.706. The third-order valence-corrected chi connectivity index (χ3v) is 16.8. The maximum atomic E-state index is 5.15. The fraction of sp³-hybridized carbons (Fsp3) is 0.0698. The van der Waals surface area contributed by atoms with Crippen LogP contribution in [0, 0.1) is 41.5 Å². The van der Waals surface area contributed by atoms with Crippen molar-refractivity contribution in [2.45, 2.75) is 41.5 Å². The molecule has 2 aromatic heterocycles. The first-order valence-electron chi connectivity index (χ1n) is 30.8. The van der Waals surface area contributed by atoms with Crippen molar-refractivity contribution in [1.82, 2.24) is 19.9 Å². The van der Waals surface area contributed by atoms with Crippen LogP contribution in [-0.2, 0) is 0 Å². The van der Waals surface area contributed by atoms with Crippen LogP contribution in [-0.4, -0.2) is 19.9 Å². The number of hydrogen-bond acceptors (Lipinski definition) is 4. The van der Waals surface area contributed by atoms with Crippen LogP contribution >= 0.6 is 0 Å². The van der Waals surface area contributed by atoms with Gasteiger partial charge < -0.3 is 0 Å². The Kier molecular flexibility index (Phi) is 16.7. The van der Waals surface area contributed by atoms with Crippen LogP contribution in [0.15, 0.2) is 303 Å². The number of benzene rings is 12. The average molecular weight is 1160 g/mol. The smallest absolute Gasteiger partial charge is 0.160 e. The highest BCUT2D eigenvalue weighted by Crippen LogP contribution is 2.37. The number of aromatic nitrogens is 4. The zero-order valence-electron chi connectivity index (χ0n) is 51.7. The normalized spacial score (nSPS) is 11.0. The van der Waals surface area contributed by atoms with E-state index in [0.717, 1.165) is 73.1 Å². The largest absolute Gasteiger partial charge is 0.228 e. The zero-order chi connectivity index (χ0) is 61.5. The Bertz CT molecular complexity index is 4640. The maximum absolute atomic E-state index is 5.15. The number of hydrogen-bond donors (Lipinski definition) is 0. The quantitative estimate of drug-likeness (QED) is 0.122. The van der Waals surface area contributed by atoms with Crippen LogP contribution in [0.2, 0.25) is 0 Å². The summed E-state index contributed by atoms with van der Waals surface area (Å²) in [4.78, 5) is 20.2. The lowest BCUT2D eigenvalue weighted by molar-refractivity contribution is 1.18. The highest BCUT2D eigenvalue weighted by atomic mass is 14.9. The van der Waals surface area contributed by atoms with Gasteiger partial charge in [0.1, 0.15) is 0 Å². The van der Waals surface area contributed by atoms with Crippen LogP contribution in [0.3, 0.4) is 0 Å². The minimum Gasteiger partial charge on any atom is -0.228 e. The molecule has 14 aromatic rings. The van der Waals surface area contributed by atoms with Crippen molar-refractivity contribution in [2.24, 2.45) is 0 Å². The molecule has 0 atom stereocenters. The van der Waals surface area contributed by atoms with Crippen LogP contribution in [0.5, 0.6) is 0 Å². The van der Waals surface area contributed by atoms with Crippen molar-refractivity contribution in [3.05, 3.63) is 337 Å². The summed E-state index contributed by atoms with van der Waals surface area (Å²) in [6, 6.07) is 107. The Morgan fingerprint density at radius 3 is 0.878 bits per heavy atom. The molecule has 0 radical (unpaired) electrons. The molecule has 0 saturated heterocycles. The molecule has 0 saturated carbocycles. The molecule has 432 valence electrons. The molecule has 12 aromatic carbocycles. The summed E-state index contributed by atoms with van der Waals surface area (Å²) in [6.45, 7) is 12.9. The van der Waals surface area contributed by atoms with E-state index in [0.29, 0.717) is 5.82 Å². The average Bonchev–Trinajstić information content (AvgIpc) is 1.05. The van der Waals surface area contributed by atoms with Gasteiger partial charge in [-0.2, -0.15) is 0 Å². The van der Waals surface area contributed by atoms with Gasteiger partial charge in [-0.3, -0.25) is 0 Å². The van der Waals surface area contributed by atoms with Gasteiger partial charge in [0.2, 0.25) is 0 Å². The van der Waals surface area contributed by atoms with E-state index in [9.17, 15) is 0 Å². The third kappa shape index (κ3) is 13.1. The molecule has 2 heterocycles. The van der Waals surface area contributed by atoms with E-state index in [-0.39, 0.29) is 0 Å². The van der Waals surface area contributed by atoms with Gasteiger partial charge in [0.25, 0.3) is 0 Å². The molecule has 14 rings (SSSR count). The van der Waals surface area contributed by atoms with Crippen LogP contribution in [0.4, 0.5) is 0 Å². The molecule has 0 aliphatic carbocycles. The van der Waals surface area contributed by atoms with E-state index in [2.05, 4.69) is 290 Å². The number of rotatable bonds is 12. The first-order valence-corrected chi connectivity index (χ1v) is 30.8. The summed E-state index contributed by atoms with van der Waals surface area (Å²) in [5, 5.41) is 0. The van der Waals surface area contributed by atoms with E-state index in [4.69, 9.17) is 19.9 Å². The fourth-order valence-corrected chi connectivity index (χ4v) is 11.7. The van der Waals surface area contributed by atoms with Gasteiger partial charge in [-0.05, 0) is 167 Å². The second-order valence-corrected chi connectivity index (χ2v) is 23.5. The molecule has 0 fully saturated rings. The first kappa shape index (κ1) is 57.9. The molecule has 0 aliphatic rings. The van der Waals surface area contributed by atoms with E-state index >= 15 is 0 Å². The number of nitrogens with zero attached hydrogens (tertiary/aromatic N) is 4. The molecule has 0 amide bonds. The van der Waals surface area contributed by atoms with E-state index in [1.165, 1.54) is 89.0 Å². The molecule has 0 aliphatic heterocycles. The molecule has 0 unspecified atom stereocenters. The molecule has 4 nitrogen and oxygen atoms in total. The summed E-state index contributed by atoms with van der Waals surface area (Å²) < 4.78 is 0. The lowest BCUT2D eigenvalue weighted by Gasteiger charge is -2.13. The van der Waals surface area contributed by atoms with Crippen molar-refractivity contribution >= 4 is 0 Å². The van der Waals surface area contributed by atoms with Gasteiger partial charge in [0, 0.05) is 33.4 Å². The standard InChI is InChI=1S/C50H40N2.C36H28N2/c1-33-22-24-35(3)46(26-33)42-18-8-14-38(28-42)40-16-10-20-44(30-40)48-32-49(52-50(51-48)37-12-6-5-7-13-37)45-21-11-17-41(31-45)39-15-9-19-43(29-39)47-27-34(2)23-25-36(47)4;1-25-13-16-27(17-14-25)32-18-15-26(2)33(23-32)28-19-21-31(22-20-28)36-37-34(29-9-5-3-6-10-29)24-35(38-36)30-11-7-4-8-12-30/h5-32H,1-4H3;3-24H,1-2H3. The maximum Gasteiger partial charge on any atom is 0.160 e. The highest BCUT2D eigenvalue weighted by Gasteiger charge is 2.16. The molecular formula is C86H68N4. The van der Waals surface area contributed by atoms with Crippen molar-refractivity contribution in [3.63, 3.8) is 0 Å². The lowest BCUT2D eigenvalue weighted by Crippen LogP contribution is -1.96. The molecule has 4 heteroatoms. The summed E-state index contributed by atoms with van der Waals surface area (Å²) in [6.07, 6.45) is 0. The Balaban J connectivity index is 0.000000173. The van der Waals surface area contributed by atoms with Crippen molar-refractivity contribution in [1.29, 1.82) is 0 Å². The molecule has 0 N–H and O–H groups in total. The summed E-state index contributed by atoms with van der Waals surface area (Å²) in [5.74, 6) is 1.43. The van der Waals surface area contributed by atoms with Gasteiger partial charge in [-0.15, -0.1) is 0 Å². The van der Waals surface area contributed by atoms with E-state index in [1.54, 1.807) is 0 Å². The highest BCUT2D eigenvalue weighted by molar-refractivity contribution is 5.83. The second kappa shape index (κ2) is 26.0. The fourth-order valence-electron chi connectivity index (χ4n) is 11.7. The Morgan fingerprint density at radius 1 is 0.167 bits per heavy atom. The molecule has 0 spiro atoms. The van der Waals surface area contributed by atoms with Gasteiger partial charge in [0.15, 0.2) is 11.6 Å². The van der Waals surface area contributed by atoms with E-state index in [1.807, 2.05) is 54.6 Å². The van der Waals surface area contributed by atoms with Crippen molar-refractivity contribution < 1.29 is 0 Å². The van der Waals surface area contributed by atoms with Crippen molar-refractivity contribution in [3.8, 4) is 135 Å².